The minimum absolute atomic E-state index is 0.257. The molecule has 0 aromatic heterocycles. The van der Waals surface area contributed by atoms with Gasteiger partial charge in [-0.05, 0) is 33.1 Å². The Bertz CT molecular complexity index is 190. The first kappa shape index (κ1) is 10.3. The van der Waals surface area contributed by atoms with Gasteiger partial charge in [0.25, 0.3) is 0 Å². The van der Waals surface area contributed by atoms with Crippen LogP contribution in [-0.2, 0) is 0 Å². The first-order chi connectivity index (χ1) is 6.03. The Kier molecular flexibility index (Phi) is 3.12. The van der Waals surface area contributed by atoms with E-state index < -0.39 is 12.2 Å². The second-order valence-corrected chi connectivity index (χ2v) is 4.24. The molecular weight excluding hydrogens is 171 g/mol. The highest BCUT2D eigenvalue weighted by atomic mass is 19.1. The minimum Gasteiger partial charge on any atom is -0.335 e. The molecule has 2 N–H and O–H groups in total. The Morgan fingerprint density at radius 3 is 2.54 bits per heavy atom. The lowest BCUT2D eigenvalue weighted by atomic mass is 9.93. The van der Waals surface area contributed by atoms with E-state index in [4.69, 9.17) is 0 Å². The van der Waals surface area contributed by atoms with E-state index in [0.29, 0.717) is 6.04 Å². The van der Waals surface area contributed by atoms with Gasteiger partial charge >= 0.3 is 6.03 Å². The van der Waals surface area contributed by atoms with Crippen molar-refractivity contribution in [2.45, 2.75) is 44.7 Å². The van der Waals surface area contributed by atoms with Crippen LogP contribution in [0.3, 0.4) is 0 Å². The number of nitrogens with one attached hydrogen (secondary N) is 2. The fourth-order valence-electron chi connectivity index (χ4n) is 1.11. The predicted molar refractivity (Wildman–Crippen MR) is 49.4 cm³/mol. The number of hydrogen-bond donors (Lipinski definition) is 2. The van der Waals surface area contributed by atoms with Gasteiger partial charge in [-0.15, -0.1) is 0 Å². The smallest absolute Gasteiger partial charge is 0.315 e. The summed E-state index contributed by atoms with van der Waals surface area (Å²) in [6.07, 6.45) is 3.27. The molecule has 1 aliphatic carbocycles. The summed E-state index contributed by atoms with van der Waals surface area (Å²) in [6.45, 7) is 2.77. The molecule has 0 aliphatic heterocycles. The molecule has 0 heterocycles. The van der Waals surface area contributed by atoms with Crippen molar-refractivity contribution >= 4 is 6.03 Å². The summed E-state index contributed by atoms with van der Waals surface area (Å²) in [5.41, 5.74) is -0.756. The highest BCUT2D eigenvalue weighted by Gasteiger charge is 2.24. The maximum atomic E-state index is 12.3. The third-order valence-electron chi connectivity index (χ3n) is 2.23. The summed E-state index contributed by atoms with van der Waals surface area (Å²) in [7, 11) is 0. The van der Waals surface area contributed by atoms with Crippen molar-refractivity contribution in [2.24, 2.45) is 0 Å². The molecule has 1 fully saturated rings. The molecule has 1 saturated carbocycles. The van der Waals surface area contributed by atoms with Gasteiger partial charge in [0.15, 0.2) is 0 Å². The predicted octanol–water partition coefficient (Wildman–Crippen LogP) is 1.59. The van der Waals surface area contributed by atoms with E-state index >= 15 is 0 Å². The fraction of sp³-hybridized carbons (Fsp3) is 0.889. The van der Waals surface area contributed by atoms with E-state index in [1.165, 1.54) is 6.42 Å². The number of rotatable bonds is 3. The van der Waals surface area contributed by atoms with E-state index in [1.807, 2.05) is 0 Å². The second-order valence-electron chi connectivity index (χ2n) is 4.24. The summed E-state index contributed by atoms with van der Waals surface area (Å²) in [5, 5.41) is 5.37. The van der Waals surface area contributed by atoms with Gasteiger partial charge in [0, 0.05) is 6.04 Å². The third-order valence-corrected chi connectivity index (χ3v) is 2.23. The molecule has 0 aromatic carbocycles. The molecule has 3 nitrogen and oxygen atoms in total. The van der Waals surface area contributed by atoms with Gasteiger partial charge in [0.05, 0.1) is 5.54 Å². The van der Waals surface area contributed by atoms with E-state index in [0.717, 1.165) is 12.8 Å². The van der Waals surface area contributed by atoms with Gasteiger partial charge in [-0.3, -0.25) is 0 Å². The Hall–Kier alpha value is -0.800. The van der Waals surface area contributed by atoms with Crippen LogP contribution in [0.1, 0.15) is 33.1 Å². The summed E-state index contributed by atoms with van der Waals surface area (Å²) < 4.78 is 12.3. The summed E-state index contributed by atoms with van der Waals surface area (Å²) >= 11 is 0. The lowest BCUT2D eigenvalue weighted by Crippen LogP contribution is -2.53. The molecule has 2 amide bonds. The topological polar surface area (TPSA) is 41.1 Å². The standard InChI is InChI=1S/C9H17FN2O/c1-9(2,6-10)12-8(13)11-7-4-3-5-7/h7H,3-6H2,1-2H3,(H2,11,12,13). The molecule has 0 aromatic rings. The zero-order chi connectivity index (χ0) is 9.90. The van der Waals surface area contributed by atoms with Gasteiger partial charge in [0.1, 0.15) is 6.67 Å². The van der Waals surface area contributed by atoms with Crippen LogP contribution in [0.5, 0.6) is 0 Å². The van der Waals surface area contributed by atoms with Crippen molar-refractivity contribution < 1.29 is 9.18 Å². The molecule has 0 unspecified atom stereocenters. The van der Waals surface area contributed by atoms with Gasteiger partial charge in [-0.25, -0.2) is 9.18 Å². The monoisotopic (exact) mass is 188 g/mol. The Labute approximate surface area is 78.1 Å². The summed E-state index contributed by atoms with van der Waals surface area (Å²) in [4.78, 5) is 11.2. The van der Waals surface area contributed by atoms with Gasteiger partial charge < -0.3 is 10.6 Å². The normalized spacial score (nSPS) is 17.8. The van der Waals surface area contributed by atoms with Crippen molar-refractivity contribution in [3.8, 4) is 0 Å². The number of carbonyl (C=O) groups excluding carboxylic acids is 1. The number of hydrogen-bond acceptors (Lipinski definition) is 1. The van der Waals surface area contributed by atoms with Crippen LogP contribution < -0.4 is 10.6 Å². The molecule has 4 heteroatoms. The number of carbonyl (C=O) groups is 1. The number of alkyl halides is 1. The van der Waals surface area contributed by atoms with Crippen LogP contribution in [0.4, 0.5) is 9.18 Å². The van der Waals surface area contributed by atoms with Crippen molar-refractivity contribution in [3.05, 3.63) is 0 Å². The van der Waals surface area contributed by atoms with Crippen LogP contribution in [0.15, 0.2) is 0 Å². The SMILES string of the molecule is CC(C)(CF)NC(=O)NC1CCC1. The zero-order valence-corrected chi connectivity index (χ0v) is 8.19. The first-order valence-corrected chi connectivity index (χ1v) is 4.68. The average molecular weight is 188 g/mol. The Morgan fingerprint density at radius 1 is 1.54 bits per heavy atom. The zero-order valence-electron chi connectivity index (χ0n) is 8.19. The quantitative estimate of drug-likeness (QED) is 0.693. The fourth-order valence-corrected chi connectivity index (χ4v) is 1.11. The van der Waals surface area contributed by atoms with Gasteiger partial charge in [0.2, 0.25) is 0 Å². The van der Waals surface area contributed by atoms with E-state index in [-0.39, 0.29) is 6.03 Å². The molecule has 0 radical (unpaired) electrons. The highest BCUT2D eigenvalue weighted by molar-refractivity contribution is 5.75. The average Bonchev–Trinajstić information content (AvgIpc) is 1.96. The van der Waals surface area contributed by atoms with Crippen LogP contribution in [-0.4, -0.2) is 24.3 Å². The summed E-state index contributed by atoms with van der Waals surface area (Å²) in [6, 6.07) is 0.0442. The van der Waals surface area contributed by atoms with Crippen molar-refractivity contribution in [3.63, 3.8) is 0 Å². The maximum Gasteiger partial charge on any atom is 0.315 e. The number of urea groups is 1. The maximum absolute atomic E-state index is 12.3. The molecule has 13 heavy (non-hydrogen) atoms. The molecule has 0 atom stereocenters. The third kappa shape index (κ3) is 3.20. The number of halogens is 1. The van der Waals surface area contributed by atoms with Crippen molar-refractivity contribution in [1.82, 2.24) is 10.6 Å². The second kappa shape index (κ2) is 3.94. The van der Waals surface area contributed by atoms with Crippen LogP contribution >= 0.6 is 0 Å². The lowest BCUT2D eigenvalue weighted by Gasteiger charge is -2.29. The molecule has 0 spiro atoms. The van der Waals surface area contributed by atoms with Gasteiger partial charge in [-0.1, -0.05) is 0 Å². The molecule has 1 aliphatic rings. The van der Waals surface area contributed by atoms with E-state index in [9.17, 15) is 9.18 Å². The summed E-state index contributed by atoms with van der Waals surface area (Å²) in [5.74, 6) is 0. The molecule has 0 bridgehead atoms. The van der Waals surface area contributed by atoms with Crippen LogP contribution in [0.25, 0.3) is 0 Å². The minimum atomic E-state index is -0.756. The lowest BCUT2D eigenvalue weighted by molar-refractivity contribution is 0.209. The first-order valence-electron chi connectivity index (χ1n) is 4.68. The van der Waals surface area contributed by atoms with Crippen molar-refractivity contribution in [1.29, 1.82) is 0 Å². The molecule has 76 valence electrons. The van der Waals surface area contributed by atoms with Gasteiger partial charge in [-0.2, -0.15) is 0 Å². The Morgan fingerprint density at radius 2 is 2.15 bits per heavy atom. The largest absolute Gasteiger partial charge is 0.335 e. The van der Waals surface area contributed by atoms with Crippen molar-refractivity contribution in [2.75, 3.05) is 6.67 Å². The van der Waals surface area contributed by atoms with Crippen LogP contribution in [0, 0.1) is 0 Å². The van der Waals surface area contributed by atoms with E-state index in [1.54, 1.807) is 13.8 Å². The molecule has 0 saturated heterocycles. The van der Waals surface area contributed by atoms with E-state index in [2.05, 4.69) is 10.6 Å². The molecular formula is C9H17FN2O. The number of amides is 2. The van der Waals surface area contributed by atoms with Crippen LogP contribution in [0.2, 0.25) is 0 Å². The highest BCUT2D eigenvalue weighted by Crippen LogP contribution is 2.17. The molecule has 1 rings (SSSR count). The Balaban J connectivity index is 2.23.